The van der Waals surface area contributed by atoms with Crippen molar-refractivity contribution in [2.45, 2.75) is 271 Å². The quantitative estimate of drug-likeness (QED) is 0.0159. The standard InChI is InChI=1S/C87H133N9O24/c1-15-19-20-21-22-26-55-30-32-56(33-31-55)45-62(83(108)109)88-79(104)54(10)77(113-14)63-28-24-36-95(63)68(98)48-66(112-13)73(53(9)17-3)92(11)82(107)71(51(5)6)89-80(105)72(52(7)8)93(12)86(111)120-65(59-34-35-64(60-47-58(117-78(59)60)27-23-29-69(99)100)118-84-76(103)75(102)74(101)67(50-97)119-84)46-57-49-94(91-90-57)37-39-114-41-43-116-44-42-115-40-38-96-81(106)70-61(25-16-2)87(70,18-4)85(96)110/h30-35,47,49,51-54,61-63,65-67,70-77,84,97,101-103H,15-29,36-46,48,50H2,1-14H3,(H,88,104)(H,89,105)(H,99,100)(H,108,109)/t53?,54-,61?,62?,63+,65?,66-,67-,70?,71+,72+,73+,74+,75+,76-,77-,84-,87?/m1/s1. The number of nitrogens with zero attached hydrogens (tertiary/aromatic N) is 7. The number of carboxylic acids is 2. The van der Waals surface area contributed by atoms with E-state index in [0.29, 0.717) is 37.9 Å². The van der Waals surface area contributed by atoms with Crippen molar-refractivity contribution in [3.8, 4) is 5.75 Å². The number of carbonyl (C=O) groups is 9. The van der Waals surface area contributed by atoms with Gasteiger partial charge in [0.2, 0.25) is 41.7 Å². The lowest BCUT2D eigenvalue weighted by Crippen LogP contribution is -2.60. The lowest BCUT2D eigenvalue weighted by atomic mass is 9.89. The summed E-state index contributed by atoms with van der Waals surface area (Å²) in [4.78, 5) is 131. The first-order valence-electron chi connectivity index (χ1n) is 43.0. The Morgan fingerprint density at radius 3 is 2.02 bits per heavy atom. The number of likely N-dealkylation sites (N-methyl/N-ethyl adjacent to an activating group) is 2. The Hall–Kier alpha value is -8.25. The van der Waals surface area contributed by atoms with Crippen LogP contribution in [0.3, 0.4) is 0 Å². The molecule has 1 saturated carbocycles. The normalized spacial score (nSPS) is 22.6. The van der Waals surface area contributed by atoms with Gasteiger partial charge in [-0.2, -0.15) is 0 Å². The number of imide groups is 1. The van der Waals surface area contributed by atoms with Gasteiger partial charge in [-0.05, 0) is 97.9 Å². The summed E-state index contributed by atoms with van der Waals surface area (Å²) in [6, 6.07) is 7.36. The molecule has 6 unspecified atom stereocenters. The van der Waals surface area contributed by atoms with E-state index >= 15 is 14.4 Å². The molecule has 1 aliphatic carbocycles. The highest BCUT2D eigenvalue weighted by molar-refractivity contribution is 6.12. The lowest BCUT2D eigenvalue weighted by molar-refractivity contribution is -0.277. The van der Waals surface area contributed by atoms with Gasteiger partial charge in [-0.3, -0.25) is 43.4 Å². The number of fused-ring (bicyclic) bond motifs is 2. The second-order valence-electron chi connectivity index (χ2n) is 33.3. The Morgan fingerprint density at radius 1 is 0.742 bits per heavy atom. The number of hydrogen-bond donors (Lipinski definition) is 8. The summed E-state index contributed by atoms with van der Waals surface area (Å²) >= 11 is 0. The summed E-state index contributed by atoms with van der Waals surface area (Å²) in [7, 11) is 5.91. The zero-order chi connectivity index (χ0) is 87.8. The number of carbonyl (C=O) groups excluding carboxylic acids is 7. The molecule has 8 N–H and O–H groups in total. The smallest absolute Gasteiger partial charge is 0.410 e. The molecule has 8 rings (SSSR count). The summed E-state index contributed by atoms with van der Waals surface area (Å²) < 4.78 is 55.9. The van der Waals surface area contributed by atoms with Crippen LogP contribution in [0.5, 0.6) is 5.75 Å². The van der Waals surface area contributed by atoms with Crippen LogP contribution in [0.1, 0.15) is 193 Å². The van der Waals surface area contributed by atoms with Gasteiger partial charge in [0, 0.05) is 72.3 Å². The van der Waals surface area contributed by atoms with Gasteiger partial charge in [0.15, 0.2) is 0 Å². The zero-order valence-electron chi connectivity index (χ0n) is 72.5. The number of methoxy groups -OCH3 is 2. The maximum absolute atomic E-state index is 15.3. The molecule has 33 heteroatoms. The average Bonchev–Trinajstić information content (AvgIpc) is 1.50. The molecule has 3 saturated heterocycles. The number of hydrogen-bond acceptors (Lipinski definition) is 24. The molecule has 4 aliphatic rings. The molecule has 120 heavy (non-hydrogen) atoms. The van der Waals surface area contributed by atoms with E-state index in [1.54, 1.807) is 58.8 Å². The monoisotopic (exact) mass is 1690 g/mol. The third kappa shape index (κ3) is 24.4. The summed E-state index contributed by atoms with van der Waals surface area (Å²) in [5.41, 5.74) is 1.99. The number of likely N-dealkylation sites (tertiary alicyclic amines) is 2. The van der Waals surface area contributed by atoms with E-state index in [-0.39, 0.29) is 155 Å². The molecule has 670 valence electrons. The van der Waals surface area contributed by atoms with Crippen LogP contribution in [0.2, 0.25) is 0 Å². The van der Waals surface area contributed by atoms with Crippen LogP contribution in [0.4, 0.5) is 4.79 Å². The number of aliphatic hydroxyl groups excluding tert-OH is 4. The maximum atomic E-state index is 15.3. The number of piperidine rings is 1. The van der Waals surface area contributed by atoms with Crippen LogP contribution in [0.25, 0.3) is 11.0 Å². The third-order valence-corrected chi connectivity index (χ3v) is 24.5. The number of amides is 7. The van der Waals surface area contributed by atoms with Crippen LogP contribution < -0.4 is 15.4 Å². The van der Waals surface area contributed by atoms with Crippen LogP contribution in [0.15, 0.2) is 53.1 Å². The van der Waals surface area contributed by atoms with E-state index in [4.69, 9.17) is 42.3 Å². The molecule has 7 amide bonds. The minimum atomic E-state index is -1.81. The zero-order valence-corrected chi connectivity index (χ0v) is 72.5. The third-order valence-electron chi connectivity index (χ3n) is 24.5. The number of aromatic nitrogens is 3. The van der Waals surface area contributed by atoms with Crippen molar-refractivity contribution in [1.82, 2.24) is 45.2 Å². The highest BCUT2D eigenvalue weighted by Crippen LogP contribution is 2.68. The van der Waals surface area contributed by atoms with E-state index in [1.807, 2.05) is 45.0 Å². The van der Waals surface area contributed by atoms with E-state index in [2.05, 4.69) is 34.8 Å². The highest BCUT2D eigenvalue weighted by Gasteiger charge is 2.77. The first kappa shape index (κ1) is 97.2. The molecular formula is C87H133N9O24. The molecule has 2 aromatic heterocycles. The number of carboxylic acid groups (broad SMARTS) is 2. The Labute approximate surface area is 704 Å². The molecule has 3 aliphatic heterocycles. The van der Waals surface area contributed by atoms with Crippen molar-refractivity contribution in [2.75, 3.05) is 87.7 Å². The van der Waals surface area contributed by atoms with Crippen molar-refractivity contribution < 1.29 is 116 Å². The minimum Gasteiger partial charge on any atom is -0.481 e. The fourth-order valence-electron chi connectivity index (χ4n) is 17.5. The van der Waals surface area contributed by atoms with Crippen molar-refractivity contribution >= 4 is 64.4 Å². The van der Waals surface area contributed by atoms with E-state index in [1.165, 1.54) is 72.7 Å². The van der Waals surface area contributed by atoms with E-state index < -0.39 is 145 Å². The molecular weight excluding hydrogens is 1550 g/mol. The molecule has 4 fully saturated rings. The first-order chi connectivity index (χ1) is 57.4. The van der Waals surface area contributed by atoms with Crippen LogP contribution in [-0.4, -0.2) is 279 Å². The fraction of sp³-hybridized carbons (Fsp3) is 0.713. The van der Waals surface area contributed by atoms with Gasteiger partial charge in [-0.25, -0.2) is 14.3 Å². The van der Waals surface area contributed by atoms with Gasteiger partial charge in [0.1, 0.15) is 65.7 Å². The SMILES string of the molecule is CCCCCCCc1ccc(CC(NC(=O)[C@H](C)[C@@H](OC)[C@@H]2CCCN2C(=O)C[C@@H](OC)[C@H](C(C)CC)N(C)C(=O)[C@@H](NC(=O)[C@H](C(C)C)N(C)C(=O)OC(Cc2cn(CCOCCOCCOCCN3C(=O)C4C(CCC)C4(CC)C3=O)nn2)c2ccc(O[C@@H]3O[C@H](CO)[C@H](O)[C@H](O)[C@H]3O)c3cc(CCCC(=O)O)oc23)C(C)C)C(=O)O)cc1. The second-order valence-corrected chi connectivity index (χ2v) is 33.3. The Morgan fingerprint density at radius 2 is 1.42 bits per heavy atom. The molecule has 5 heterocycles. The highest BCUT2D eigenvalue weighted by atomic mass is 16.7. The number of aliphatic hydroxyl groups is 4. The minimum absolute atomic E-state index is 0.00975. The number of unbranched alkanes of at least 4 members (excludes halogenated alkanes) is 4. The van der Waals surface area contributed by atoms with Gasteiger partial charge < -0.3 is 93.4 Å². The first-order valence-corrected chi connectivity index (χ1v) is 43.0. The molecule has 18 atom stereocenters. The van der Waals surface area contributed by atoms with Gasteiger partial charge >= 0.3 is 18.0 Å². The molecule has 0 bridgehead atoms. The summed E-state index contributed by atoms with van der Waals surface area (Å²) in [6.07, 6.45) is -0.144. The van der Waals surface area contributed by atoms with Crippen LogP contribution in [0, 0.1) is 40.9 Å². The van der Waals surface area contributed by atoms with Crippen molar-refractivity contribution in [3.05, 3.63) is 76.8 Å². The van der Waals surface area contributed by atoms with E-state index in [0.717, 1.165) is 42.6 Å². The fourth-order valence-corrected chi connectivity index (χ4v) is 17.5. The van der Waals surface area contributed by atoms with Crippen LogP contribution >= 0.6 is 0 Å². The predicted molar refractivity (Wildman–Crippen MR) is 439 cm³/mol. The number of ether oxygens (including phenoxy) is 8. The average molecular weight is 1690 g/mol. The number of aryl methyl sites for hydroxylation is 2. The molecule has 33 nitrogen and oxygen atoms in total. The van der Waals surface area contributed by atoms with Gasteiger partial charge in [-0.1, -0.05) is 137 Å². The molecule has 4 aromatic rings. The van der Waals surface area contributed by atoms with E-state index in [9.17, 15) is 59.4 Å². The van der Waals surface area contributed by atoms with Gasteiger partial charge in [0.25, 0.3) is 0 Å². The predicted octanol–water partition coefficient (Wildman–Crippen LogP) is 7.23. The Kier molecular flexibility index (Phi) is 37.5. The van der Waals surface area contributed by atoms with Crippen LogP contribution in [-0.2, 0) is 104 Å². The summed E-state index contributed by atoms with van der Waals surface area (Å²) in [6.45, 7) is 20.1. The number of rotatable bonds is 53. The molecule has 2 aromatic carbocycles. The lowest BCUT2D eigenvalue weighted by Gasteiger charge is -2.41. The number of furan rings is 1. The Balaban J connectivity index is 0.943. The molecule has 0 spiro atoms. The summed E-state index contributed by atoms with van der Waals surface area (Å²) in [5.74, 6) is -6.58. The van der Waals surface area contributed by atoms with Crippen molar-refractivity contribution in [1.29, 1.82) is 0 Å². The van der Waals surface area contributed by atoms with Crippen molar-refractivity contribution in [3.63, 3.8) is 0 Å². The number of benzene rings is 2. The number of aliphatic carboxylic acids is 2. The van der Waals surface area contributed by atoms with Gasteiger partial charge in [-0.15, -0.1) is 5.10 Å². The molecule has 0 radical (unpaired) electrons. The second kappa shape index (κ2) is 46.3. The maximum Gasteiger partial charge on any atom is 0.410 e. The number of nitrogens with one attached hydrogen (secondary N) is 2. The van der Waals surface area contributed by atoms with Gasteiger partial charge in [0.05, 0.1) is 118 Å². The topological polar surface area (TPSA) is 430 Å². The Bertz CT molecular complexity index is 3990. The summed E-state index contributed by atoms with van der Waals surface area (Å²) in [5, 5.41) is 77.0. The largest absolute Gasteiger partial charge is 0.481 e. The van der Waals surface area contributed by atoms with Crippen molar-refractivity contribution in [2.24, 2.45) is 40.9 Å².